The van der Waals surface area contributed by atoms with Crippen LogP contribution in [0.3, 0.4) is 0 Å². The minimum Gasteiger partial charge on any atom is -0.394 e. The molecule has 2 atom stereocenters. The van der Waals surface area contributed by atoms with Crippen molar-refractivity contribution in [3.63, 3.8) is 0 Å². The predicted molar refractivity (Wildman–Crippen MR) is 220 cm³/mol. The van der Waals surface area contributed by atoms with Crippen LogP contribution in [0.25, 0.3) is 0 Å². The molecule has 0 rings (SSSR count). The topological polar surface area (TPSA) is 69.6 Å². The molecule has 0 aliphatic heterocycles. The number of nitrogens with one attached hydrogen (secondary N) is 1. The highest BCUT2D eigenvalue weighted by Gasteiger charge is 2.17. The first-order valence-corrected chi connectivity index (χ1v) is 20.8. The van der Waals surface area contributed by atoms with E-state index in [4.69, 9.17) is 0 Å². The van der Waals surface area contributed by atoms with Gasteiger partial charge in [-0.3, -0.25) is 4.79 Å². The molecule has 286 valence electrons. The molecule has 4 nitrogen and oxygen atoms in total. The van der Waals surface area contributed by atoms with Gasteiger partial charge in [0.15, 0.2) is 0 Å². The summed E-state index contributed by atoms with van der Waals surface area (Å²) in [5.74, 6) is -0.0963. The lowest BCUT2D eigenvalue weighted by Crippen LogP contribution is -2.45. The van der Waals surface area contributed by atoms with E-state index < -0.39 is 12.1 Å². The van der Waals surface area contributed by atoms with E-state index in [9.17, 15) is 15.0 Å². The maximum atomic E-state index is 12.4. The predicted octanol–water partition coefficient (Wildman–Crippen LogP) is 12.9. The Morgan fingerprint density at radius 1 is 0.500 bits per heavy atom. The van der Waals surface area contributed by atoms with Gasteiger partial charge in [0, 0.05) is 6.42 Å². The molecule has 0 aliphatic carbocycles. The largest absolute Gasteiger partial charge is 0.394 e. The number of carbonyl (C=O) groups excluding carboxylic acids is 1. The van der Waals surface area contributed by atoms with E-state index in [1.165, 1.54) is 83.5 Å². The van der Waals surface area contributed by atoms with Crippen molar-refractivity contribution in [1.29, 1.82) is 0 Å². The summed E-state index contributed by atoms with van der Waals surface area (Å²) < 4.78 is 0. The highest BCUT2D eigenvalue weighted by molar-refractivity contribution is 5.76. The molecular formula is C46H79NO3. The molecule has 1 amide bonds. The Morgan fingerprint density at radius 2 is 0.900 bits per heavy atom. The average molecular weight is 694 g/mol. The van der Waals surface area contributed by atoms with Crippen LogP contribution < -0.4 is 5.32 Å². The SMILES string of the molecule is CC/C=C\C/C=C\C/C=C\C/C=C\CCCCCCCCC(=O)NC(CO)C(O)/C=C/CC/C=C/CC/C=C/CCCCCCCCCCC. The summed E-state index contributed by atoms with van der Waals surface area (Å²) in [5.41, 5.74) is 0. The fourth-order valence-electron chi connectivity index (χ4n) is 5.67. The fourth-order valence-corrected chi connectivity index (χ4v) is 5.67. The average Bonchev–Trinajstić information content (AvgIpc) is 3.12. The van der Waals surface area contributed by atoms with Crippen molar-refractivity contribution in [3.05, 3.63) is 85.1 Å². The molecule has 0 aliphatic rings. The van der Waals surface area contributed by atoms with E-state index in [2.05, 4.69) is 92.1 Å². The molecule has 0 heterocycles. The number of unbranched alkanes of at least 4 members (excludes halogenated alkanes) is 17. The molecule has 3 N–H and O–H groups in total. The molecule has 0 aromatic rings. The van der Waals surface area contributed by atoms with Gasteiger partial charge in [-0.25, -0.2) is 0 Å². The van der Waals surface area contributed by atoms with Crippen molar-refractivity contribution >= 4 is 5.91 Å². The molecule has 0 radical (unpaired) electrons. The number of amides is 1. The summed E-state index contributed by atoms with van der Waals surface area (Å²) in [6, 6.07) is -0.657. The van der Waals surface area contributed by atoms with Gasteiger partial charge in [0.1, 0.15) is 0 Å². The zero-order valence-electron chi connectivity index (χ0n) is 32.6. The van der Waals surface area contributed by atoms with Crippen LogP contribution in [0.2, 0.25) is 0 Å². The van der Waals surface area contributed by atoms with Crippen LogP contribution in [0.15, 0.2) is 85.1 Å². The second-order valence-electron chi connectivity index (χ2n) is 13.7. The van der Waals surface area contributed by atoms with Gasteiger partial charge in [0.25, 0.3) is 0 Å². The summed E-state index contributed by atoms with van der Waals surface area (Å²) in [5, 5.41) is 22.9. The van der Waals surface area contributed by atoms with E-state index in [1.807, 2.05) is 6.08 Å². The lowest BCUT2D eigenvalue weighted by molar-refractivity contribution is -0.123. The van der Waals surface area contributed by atoms with Gasteiger partial charge in [-0.2, -0.15) is 0 Å². The van der Waals surface area contributed by atoms with Gasteiger partial charge in [-0.05, 0) is 83.5 Å². The Balaban J connectivity index is 3.73. The molecule has 0 bridgehead atoms. The quantitative estimate of drug-likeness (QED) is 0.0452. The zero-order valence-corrected chi connectivity index (χ0v) is 32.6. The maximum Gasteiger partial charge on any atom is 0.220 e. The van der Waals surface area contributed by atoms with Crippen LogP contribution >= 0.6 is 0 Å². The Kier molecular flexibility index (Phi) is 39.0. The molecule has 0 aromatic carbocycles. The normalized spacial score (nSPS) is 13.9. The highest BCUT2D eigenvalue weighted by atomic mass is 16.3. The first-order valence-electron chi connectivity index (χ1n) is 20.8. The molecular weight excluding hydrogens is 615 g/mol. The van der Waals surface area contributed by atoms with Crippen molar-refractivity contribution < 1.29 is 15.0 Å². The van der Waals surface area contributed by atoms with Crippen LogP contribution in [0.5, 0.6) is 0 Å². The molecule has 0 saturated heterocycles. The molecule has 0 spiro atoms. The smallest absolute Gasteiger partial charge is 0.220 e. The van der Waals surface area contributed by atoms with Gasteiger partial charge in [0.2, 0.25) is 5.91 Å². The first kappa shape index (κ1) is 47.6. The van der Waals surface area contributed by atoms with Crippen LogP contribution in [0, 0.1) is 0 Å². The van der Waals surface area contributed by atoms with E-state index >= 15 is 0 Å². The third-order valence-corrected chi connectivity index (χ3v) is 8.84. The minimum absolute atomic E-state index is 0.0963. The summed E-state index contributed by atoms with van der Waals surface area (Å²) in [4.78, 5) is 12.4. The van der Waals surface area contributed by atoms with Crippen LogP contribution in [0.4, 0.5) is 0 Å². The lowest BCUT2D eigenvalue weighted by Gasteiger charge is -2.19. The van der Waals surface area contributed by atoms with E-state index in [1.54, 1.807) is 6.08 Å². The Hall–Kier alpha value is -2.43. The Bertz CT molecular complexity index is 926. The number of hydrogen-bond donors (Lipinski definition) is 3. The second-order valence-corrected chi connectivity index (χ2v) is 13.7. The van der Waals surface area contributed by atoms with Crippen molar-refractivity contribution in [2.45, 2.75) is 193 Å². The van der Waals surface area contributed by atoms with Crippen molar-refractivity contribution in [3.8, 4) is 0 Å². The summed E-state index contributed by atoms with van der Waals surface area (Å²) >= 11 is 0. The molecule has 0 aromatic heterocycles. The second kappa shape index (κ2) is 41.0. The number of carbonyl (C=O) groups is 1. The number of rotatable bonds is 36. The Labute approximate surface area is 310 Å². The molecule has 0 saturated carbocycles. The summed E-state index contributed by atoms with van der Waals surface area (Å²) in [6.45, 7) is 4.16. The maximum absolute atomic E-state index is 12.4. The van der Waals surface area contributed by atoms with Gasteiger partial charge >= 0.3 is 0 Å². The van der Waals surface area contributed by atoms with Crippen molar-refractivity contribution in [2.24, 2.45) is 0 Å². The van der Waals surface area contributed by atoms with E-state index in [0.717, 1.165) is 77.0 Å². The number of allylic oxidation sites excluding steroid dienone is 13. The standard InChI is InChI=1S/C46H79NO3/c1-3-5-7-9-11-13-15-17-19-21-23-25-27-29-31-33-35-37-39-41-45(49)44(43-48)47-46(50)42-40-38-36-34-32-30-28-26-24-22-20-18-16-14-12-10-8-6-4-2/h6,8,12,14,18,20,23-26,31,33,39,41,44-45,48-49H,3-5,7,9-11,13,15-17,19,21-22,27-30,32,34-38,40,42-43H2,1-2H3,(H,47,50)/b8-6-,14-12-,20-18-,25-23+,26-24-,33-31+,41-39+. The minimum atomic E-state index is -0.881. The Morgan fingerprint density at radius 3 is 1.40 bits per heavy atom. The third kappa shape index (κ3) is 36.8. The summed E-state index contributed by atoms with van der Waals surface area (Å²) in [7, 11) is 0. The third-order valence-electron chi connectivity index (χ3n) is 8.84. The number of aliphatic hydroxyl groups excluding tert-OH is 2. The van der Waals surface area contributed by atoms with Crippen molar-refractivity contribution in [2.75, 3.05) is 6.61 Å². The highest BCUT2D eigenvalue weighted by Crippen LogP contribution is 2.12. The van der Waals surface area contributed by atoms with E-state index in [0.29, 0.717) is 6.42 Å². The number of hydrogen-bond acceptors (Lipinski definition) is 3. The molecule has 2 unspecified atom stereocenters. The monoisotopic (exact) mass is 694 g/mol. The first-order chi connectivity index (χ1) is 24.7. The zero-order chi connectivity index (χ0) is 36.4. The molecule has 4 heteroatoms. The van der Waals surface area contributed by atoms with Gasteiger partial charge in [-0.15, -0.1) is 0 Å². The van der Waals surface area contributed by atoms with Crippen molar-refractivity contribution in [1.82, 2.24) is 5.32 Å². The van der Waals surface area contributed by atoms with Gasteiger partial charge in [0.05, 0.1) is 18.8 Å². The summed E-state index contributed by atoms with van der Waals surface area (Å²) in [6.07, 6.45) is 59.6. The molecule has 0 fully saturated rings. The molecule has 50 heavy (non-hydrogen) atoms. The lowest BCUT2D eigenvalue weighted by atomic mass is 10.1. The van der Waals surface area contributed by atoms with Crippen LogP contribution in [0.1, 0.15) is 181 Å². The number of aliphatic hydroxyl groups is 2. The van der Waals surface area contributed by atoms with Crippen LogP contribution in [-0.2, 0) is 4.79 Å². The van der Waals surface area contributed by atoms with Gasteiger partial charge in [-0.1, -0.05) is 176 Å². The fraction of sp³-hybridized carbons (Fsp3) is 0.674. The van der Waals surface area contributed by atoms with Crippen LogP contribution in [-0.4, -0.2) is 34.9 Å². The van der Waals surface area contributed by atoms with Gasteiger partial charge < -0.3 is 15.5 Å². The van der Waals surface area contributed by atoms with E-state index in [-0.39, 0.29) is 12.5 Å².